The highest BCUT2D eigenvalue weighted by Gasteiger charge is 2.25. The molecule has 0 amide bonds. The van der Waals surface area contributed by atoms with Crippen molar-refractivity contribution in [3.63, 3.8) is 0 Å². The summed E-state index contributed by atoms with van der Waals surface area (Å²) in [4.78, 5) is 15.3. The van der Waals surface area contributed by atoms with Crippen molar-refractivity contribution in [2.75, 3.05) is 78.5 Å². The van der Waals surface area contributed by atoms with Crippen molar-refractivity contribution in [1.29, 1.82) is 0 Å². The van der Waals surface area contributed by atoms with Crippen LogP contribution < -0.4 is 5.32 Å². The van der Waals surface area contributed by atoms with E-state index in [0.29, 0.717) is 6.04 Å². The Morgan fingerprint density at radius 1 is 0.875 bits per heavy atom. The van der Waals surface area contributed by atoms with E-state index in [1.807, 2.05) is 0 Å². The maximum absolute atomic E-state index is 4.98. The van der Waals surface area contributed by atoms with Gasteiger partial charge in [-0.15, -0.1) is 0 Å². The Morgan fingerprint density at radius 2 is 1.56 bits per heavy atom. The number of likely N-dealkylation sites (N-methyl/N-ethyl adjacent to an activating group) is 1. The molecule has 0 spiro atoms. The minimum absolute atomic E-state index is 0.525. The molecule has 2 fully saturated rings. The minimum Gasteiger partial charge on any atom is -0.357 e. The largest absolute Gasteiger partial charge is 0.357 e. The Bertz CT molecular complexity index is 648. The fourth-order valence-corrected chi connectivity index (χ4v) is 5.01. The standard InChI is InChI=1S/C26H46N6/c1-4-25(24-12-8-7-9-13-24)31-20-22-32(23-21-31)26(27-5-2)28-14-10-11-15-30-18-16-29(6-3)17-19-30/h7-9,12-13,25H,4-6,10-11,14-23H2,1-3H3,(H,27,28). The second-order valence-corrected chi connectivity index (χ2v) is 9.08. The molecule has 0 saturated carbocycles. The molecule has 0 bridgehead atoms. The number of unbranched alkanes of at least 4 members (excludes halogenated alkanes) is 1. The summed E-state index contributed by atoms with van der Waals surface area (Å²) in [6.45, 7) is 20.2. The average Bonchev–Trinajstić information content (AvgIpc) is 2.85. The lowest BCUT2D eigenvalue weighted by molar-refractivity contribution is 0.127. The highest BCUT2D eigenvalue weighted by Crippen LogP contribution is 2.25. The topological polar surface area (TPSA) is 37.4 Å². The van der Waals surface area contributed by atoms with Crippen molar-refractivity contribution in [3.8, 4) is 0 Å². The number of aliphatic imine (C=N–C) groups is 1. The Hall–Kier alpha value is -1.63. The Kier molecular flexibility index (Phi) is 10.8. The first-order chi connectivity index (χ1) is 15.7. The lowest BCUT2D eigenvalue weighted by atomic mass is 10.0. The van der Waals surface area contributed by atoms with Gasteiger partial charge in [0.2, 0.25) is 0 Å². The average molecular weight is 443 g/mol. The van der Waals surface area contributed by atoms with Crippen molar-refractivity contribution in [2.45, 2.75) is 46.1 Å². The van der Waals surface area contributed by atoms with E-state index < -0.39 is 0 Å². The molecule has 0 aliphatic carbocycles. The minimum atomic E-state index is 0.525. The van der Waals surface area contributed by atoms with Gasteiger partial charge >= 0.3 is 0 Å². The number of nitrogens with zero attached hydrogens (tertiary/aromatic N) is 5. The second kappa shape index (κ2) is 13.8. The van der Waals surface area contributed by atoms with E-state index in [2.05, 4.69) is 76.0 Å². The van der Waals surface area contributed by atoms with Crippen LogP contribution in [0.4, 0.5) is 0 Å². The maximum Gasteiger partial charge on any atom is 0.194 e. The van der Waals surface area contributed by atoms with Crippen molar-refractivity contribution in [1.82, 2.24) is 24.9 Å². The first-order valence-electron chi connectivity index (χ1n) is 13.0. The van der Waals surface area contributed by atoms with Crippen molar-refractivity contribution in [2.24, 2.45) is 4.99 Å². The quantitative estimate of drug-likeness (QED) is 0.342. The van der Waals surface area contributed by atoms with Crippen molar-refractivity contribution < 1.29 is 0 Å². The van der Waals surface area contributed by atoms with Gasteiger partial charge in [0.15, 0.2) is 5.96 Å². The van der Waals surface area contributed by atoms with Gasteiger partial charge in [-0.2, -0.15) is 0 Å². The fraction of sp³-hybridized carbons (Fsp3) is 0.731. The molecule has 1 N–H and O–H groups in total. The number of hydrogen-bond donors (Lipinski definition) is 1. The summed E-state index contributed by atoms with van der Waals surface area (Å²) in [6, 6.07) is 11.5. The van der Waals surface area contributed by atoms with Gasteiger partial charge in [0.25, 0.3) is 0 Å². The summed E-state index contributed by atoms with van der Waals surface area (Å²) < 4.78 is 0. The summed E-state index contributed by atoms with van der Waals surface area (Å²) in [5, 5.41) is 3.54. The number of guanidine groups is 1. The molecule has 0 radical (unpaired) electrons. The Labute approximate surface area is 196 Å². The molecular weight excluding hydrogens is 396 g/mol. The van der Waals surface area contributed by atoms with Crippen LogP contribution in [-0.4, -0.2) is 104 Å². The summed E-state index contributed by atoms with van der Waals surface area (Å²) in [7, 11) is 0. The van der Waals surface area contributed by atoms with Crippen LogP contribution in [0.25, 0.3) is 0 Å². The third-order valence-electron chi connectivity index (χ3n) is 7.02. The monoisotopic (exact) mass is 442 g/mol. The maximum atomic E-state index is 4.98. The number of rotatable bonds is 10. The van der Waals surface area contributed by atoms with Gasteiger partial charge < -0.3 is 20.0 Å². The van der Waals surface area contributed by atoms with E-state index in [9.17, 15) is 0 Å². The molecule has 1 aromatic carbocycles. The zero-order valence-electron chi connectivity index (χ0n) is 20.8. The molecular formula is C26H46N6. The number of piperazine rings is 2. The van der Waals surface area contributed by atoms with Crippen LogP contribution in [0.3, 0.4) is 0 Å². The van der Waals surface area contributed by atoms with Gasteiger partial charge in [0.1, 0.15) is 0 Å². The molecule has 1 aromatic rings. The fourth-order valence-electron chi connectivity index (χ4n) is 5.01. The summed E-state index contributed by atoms with van der Waals surface area (Å²) in [5.41, 5.74) is 1.44. The predicted molar refractivity (Wildman–Crippen MR) is 136 cm³/mol. The molecule has 0 aromatic heterocycles. The molecule has 2 aliphatic rings. The Morgan fingerprint density at radius 3 is 2.19 bits per heavy atom. The van der Waals surface area contributed by atoms with Gasteiger partial charge in [-0.05, 0) is 44.8 Å². The van der Waals surface area contributed by atoms with E-state index in [1.165, 1.54) is 57.7 Å². The SMILES string of the molecule is CCNC(=NCCCCN1CCN(CC)CC1)N1CCN(C(CC)c2ccccc2)CC1. The summed E-state index contributed by atoms with van der Waals surface area (Å²) >= 11 is 0. The van der Waals surface area contributed by atoms with Gasteiger partial charge in [-0.25, -0.2) is 0 Å². The number of benzene rings is 1. The first-order valence-corrected chi connectivity index (χ1v) is 13.0. The van der Waals surface area contributed by atoms with E-state index in [-0.39, 0.29) is 0 Å². The van der Waals surface area contributed by atoms with E-state index in [1.54, 1.807) is 0 Å². The molecule has 1 atom stereocenters. The van der Waals surface area contributed by atoms with E-state index in [4.69, 9.17) is 4.99 Å². The molecule has 2 heterocycles. The molecule has 180 valence electrons. The third kappa shape index (κ3) is 7.46. The van der Waals surface area contributed by atoms with Crippen molar-refractivity contribution in [3.05, 3.63) is 35.9 Å². The summed E-state index contributed by atoms with van der Waals surface area (Å²) in [6.07, 6.45) is 3.58. The van der Waals surface area contributed by atoms with E-state index in [0.717, 1.165) is 51.6 Å². The molecule has 32 heavy (non-hydrogen) atoms. The lowest BCUT2D eigenvalue weighted by Gasteiger charge is -2.40. The normalized spacial score (nSPS) is 20.5. The van der Waals surface area contributed by atoms with Crippen LogP contribution in [0.2, 0.25) is 0 Å². The van der Waals surface area contributed by atoms with Gasteiger partial charge in [-0.3, -0.25) is 9.89 Å². The van der Waals surface area contributed by atoms with Gasteiger partial charge in [-0.1, -0.05) is 44.2 Å². The molecule has 6 nitrogen and oxygen atoms in total. The molecule has 2 saturated heterocycles. The second-order valence-electron chi connectivity index (χ2n) is 9.08. The zero-order valence-corrected chi connectivity index (χ0v) is 20.8. The predicted octanol–water partition coefficient (Wildman–Crippen LogP) is 3.14. The van der Waals surface area contributed by atoms with Crippen LogP contribution in [0.15, 0.2) is 35.3 Å². The van der Waals surface area contributed by atoms with Crippen molar-refractivity contribution >= 4 is 5.96 Å². The molecule has 6 heteroatoms. The van der Waals surface area contributed by atoms with E-state index >= 15 is 0 Å². The first kappa shape index (κ1) is 25.0. The smallest absolute Gasteiger partial charge is 0.194 e. The van der Waals surface area contributed by atoms with Crippen LogP contribution >= 0.6 is 0 Å². The third-order valence-corrected chi connectivity index (χ3v) is 7.02. The van der Waals surface area contributed by atoms with Crippen LogP contribution in [0.5, 0.6) is 0 Å². The number of hydrogen-bond acceptors (Lipinski definition) is 4. The zero-order chi connectivity index (χ0) is 22.6. The molecule has 1 unspecified atom stereocenters. The lowest BCUT2D eigenvalue weighted by Crippen LogP contribution is -2.53. The highest BCUT2D eigenvalue weighted by molar-refractivity contribution is 5.80. The van der Waals surface area contributed by atoms with Gasteiger partial charge in [0.05, 0.1) is 0 Å². The van der Waals surface area contributed by atoms with Crippen LogP contribution in [0, 0.1) is 0 Å². The van der Waals surface area contributed by atoms with Crippen LogP contribution in [0.1, 0.15) is 51.6 Å². The van der Waals surface area contributed by atoms with Crippen LogP contribution in [-0.2, 0) is 0 Å². The number of nitrogens with one attached hydrogen (secondary N) is 1. The Balaban J connectivity index is 1.41. The highest BCUT2D eigenvalue weighted by atomic mass is 15.4. The summed E-state index contributed by atoms with van der Waals surface area (Å²) in [5.74, 6) is 1.11. The molecule has 3 rings (SSSR count). The van der Waals surface area contributed by atoms with Gasteiger partial charge in [0, 0.05) is 71.5 Å². The molecule has 2 aliphatic heterocycles.